The molecule has 2 unspecified atom stereocenters. The number of anilines is 1. The van der Waals surface area contributed by atoms with Crippen LogP contribution in [0, 0.1) is 0 Å². The molecule has 1 saturated heterocycles. The smallest absolute Gasteiger partial charge is 0.273 e. The molecule has 1 aliphatic heterocycles. The summed E-state index contributed by atoms with van der Waals surface area (Å²) in [6.45, 7) is 2.74. The van der Waals surface area contributed by atoms with E-state index in [1.807, 2.05) is 6.92 Å². The van der Waals surface area contributed by atoms with Crippen molar-refractivity contribution < 1.29 is 14.6 Å². The highest BCUT2D eigenvalue weighted by Gasteiger charge is 2.39. The fraction of sp³-hybridized carbons (Fsp3) is 0.615. The molecular formula is C13H20N4O3. The molecule has 1 amide bonds. The maximum atomic E-state index is 11.7. The number of rotatable bonds is 4. The van der Waals surface area contributed by atoms with Crippen molar-refractivity contribution in [3.63, 3.8) is 0 Å². The number of nitrogens with zero attached hydrogens (tertiary/aromatic N) is 3. The molecule has 1 aliphatic rings. The highest BCUT2D eigenvalue weighted by atomic mass is 16.5. The third kappa shape index (κ3) is 3.05. The van der Waals surface area contributed by atoms with Gasteiger partial charge in [0, 0.05) is 33.7 Å². The van der Waals surface area contributed by atoms with Gasteiger partial charge in [-0.1, -0.05) is 0 Å². The fourth-order valence-corrected chi connectivity index (χ4v) is 2.02. The maximum absolute atomic E-state index is 11.7. The predicted molar refractivity (Wildman–Crippen MR) is 73.5 cm³/mol. The molecule has 0 bridgehead atoms. The first-order valence-electron chi connectivity index (χ1n) is 6.55. The number of aliphatic hydroxyl groups is 1. The zero-order valence-corrected chi connectivity index (χ0v) is 12.0. The van der Waals surface area contributed by atoms with Crippen LogP contribution in [0.3, 0.4) is 0 Å². The van der Waals surface area contributed by atoms with Gasteiger partial charge in [-0.15, -0.1) is 10.2 Å². The Morgan fingerprint density at radius 2 is 2.30 bits per heavy atom. The number of hydrogen-bond acceptors (Lipinski definition) is 6. The van der Waals surface area contributed by atoms with Crippen molar-refractivity contribution in [2.24, 2.45) is 0 Å². The molecule has 7 heteroatoms. The fourth-order valence-electron chi connectivity index (χ4n) is 2.02. The standard InChI is InChI=1S/C13H20N4O3/c1-9-13(19,6-7-20-9)8-14-11-5-4-10(15-16-11)12(18)17(2)3/h4-5,9,19H,6-8H2,1-3H3,(H,14,16). The van der Waals surface area contributed by atoms with Crippen LogP contribution in [0.15, 0.2) is 12.1 Å². The van der Waals surface area contributed by atoms with Gasteiger partial charge in [0.2, 0.25) is 0 Å². The van der Waals surface area contributed by atoms with Crippen LogP contribution in [0.5, 0.6) is 0 Å². The summed E-state index contributed by atoms with van der Waals surface area (Å²) in [5, 5.41) is 21.2. The number of aromatic nitrogens is 2. The SMILES string of the molecule is CC1OCCC1(O)CNc1ccc(C(=O)N(C)C)nn1. The lowest BCUT2D eigenvalue weighted by molar-refractivity contribution is -0.0176. The van der Waals surface area contributed by atoms with Crippen molar-refractivity contribution in [1.29, 1.82) is 0 Å². The van der Waals surface area contributed by atoms with E-state index < -0.39 is 5.60 Å². The highest BCUT2D eigenvalue weighted by molar-refractivity contribution is 5.91. The van der Waals surface area contributed by atoms with Gasteiger partial charge in [-0.2, -0.15) is 0 Å². The Labute approximate surface area is 117 Å². The Hall–Kier alpha value is -1.73. The summed E-state index contributed by atoms with van der Waals surface area (Å²) < 4.78 is 5.36. The van der Waals surface area contributed by atoms with E-state index in [2.05, 4.69) is 15.5 Å². The van der Waals surface area contributed by atoms with Crippen LogP contribution in [0.2, 0.25) is 0 Å². The van der Waals surface area contributed by atoms with Crippen LogP contribution >= 0.6 is 0 Å². The molecule has 0 saturated carbocycles. The molecule has 2 rings (SSSR count). The van der Waals surface area contributed by atoms with Crippen molar-refractivity contribution in [3.05, 3.63) is 17.8 Å². The summed E-state index contributed by atoms with van der Waals surface area (Å²) in [6, 6.07) is 3.28. The van der Waals surface area contributed by atoms with Crippen molar-refractivity contribution >= 4 is 11.7 Å². The summed E-state index contributed by atoms with van der Waals surface area (Å²) in [5.74, 6) is 0.327. The third-order valence-electron chi connectivity index (χ3n) is 3.53. The minimum Gasteiger partial charge on any atom is -0.385 e. The minimum atomic E-state index is -0.889. The van der Waals surface area contributed by atoms with E-state index >= 15 is 0 Å². The van der Waals surface area contributed by atoms with Crippen LogP contribution in [-0.2, 0) is 4.74 Å². The largest absolute Gasteiger partial charge is 0.385 e. The molecule has 0 aromatic carbocycles. The first kappa shape index (κ1) is 14.7. The van der Waals surface area contributed by atoms with Crippen molar-refractivity contribution in [2.45, 2.75) is 25.0 Å². The minimum absolute atomic E-state index is 0.194. The van der Waals surface area contributed by atoms with Gasteiger partial charge in [-0.3, -0.25) is 4.79 Å². The number of amides is 1. The topological polar surface area (TPSA) is 87.6 Å². The van der Waals surface area contributed by atoms with Gasteiger partial charge >= 0.3 is 0 Å². The lowest BCUT2D eigenvalue weighted by atomic mass is 9.97. The molecule has 1 aromatic rings. The zero-order chi connectivity index (χ0) is 14.8. The van der Waals surface area contributed by atoms with Gasteiger partial charge in [-0.25, -0.2) is 0 Å². The summed E-state index contributed by atoms with van der Waals surface area (Å²) in [6.07, 6.45) is 0.378. The van der Waals surface area contributed by atoms with Gasteiger partial charge in [0.05, 0.1) is 6.10 Å². The Bertz CT molecular complexity index is 477. The Kier molecular flexibility index (Phi) is 4.20. The van der Waals surface area contributed by atoms with Crippen molar-refractivity contribution in [1.82, 2.24) is 15.1 Å². The molecule has 110 valence electrons. The Morgan fingerprint density at radius 1 is 1.55 bits per heavy atom. The second-order valence-electron chi connectivity index (χ2n) is 5.22. The summed E-state index contributed by atoms with van der Waals surface area (Å²) in [4.78, 5) is 13.1. The van der Waals surface area contributed by atoms with Crippen molar-refractivity contribution in [2.75, 3.05) is 32.6 Å². The number of nitrogens with one attached hydrogen (secondary N) is 1. The van der Waals surface area contributed by atoms with E-state index in [9.17, 15) is 9.90 Å². The summed E-state index contributed by atoms with van der Waals surface area (Å²) in [5.41, 5.74) is -0.600. The maximum Gasteiger partial charge on any atom is 0.273 e. The average molecular weight is 280 g/mol. The van der Waals surface area contributed by atoms with E-state index in [0.717, 1.165) is 0 Å². The van der Waals surface area contributed by atoms with Gasteiger partial charge in [0.15, 0.2) is 5.69 Å². The Morgan fingerprint density at radius 3 is 2.80 bits per heavy atom. The van der Waals surface area contributed by atoms with Gasteiger partial charge in [0.25, 0.3) is 5.91 Å². The lowest BCUT2D eigenvalue weighted by Gasteiger charge is -2.26. The molecule has 0 aliphatic carbocycles. The molecule has 0 radical (unpaired) electrons. The molecular weight excluding hydrogens is 260 g/mol. The molecule has 1 aromatic heterocycles. The number of carbonyl (C=O) groups excluding carboxylic acids is 1. The molecule has 20 heavy (non-hydrogen) atoms. The van der Waals surface area contributed by atoms with E-state index in [1.165, 1.54) is 4.90 Å². The second-order valence-corrected chi connectivity index (χ2v) is 5.22. The van der Waals surface area contributed by atoms with E-state index in [0.29, 0.717) is 25.4 Å². The average Bonchev–Trinajstić information content (AvgIpc) is 2.76. The number of carbonyl (C=O) groups is 1. The third-order valence-corrected chi connectivity index (χ3v) is 3.53. The molecule has 7 nitrogen and oxygen atoms in total. The van der Waals surface area contributed by atoms with Crippen LogP contribution < -0.4 is 5.32 Å². The van der Waals surface area contributed by atoms with Crippen LogP contribution in [0.4, 0.5) is 5.82 Å². The second kappa shape index (κ2) is 5.72. The number of ether oxygens (including phenoxy) is 1. The van der Waals surface area contributed by atoms with Gasteiger partial charge in [0.1, 0.15) is 11.4 Å². The van der Waals surface area contributed by atoms with E-state index in [1.54, 1.807) is 26.2 Å². The molecule has 2 atom stereocenters. The van der Waals surface area contributed by atoms with Crippen LogP contribution in [0.25, 0.3) is 0 Å². The monoisotopic (exact) mass is 280 g/mol. The highest BCUT2D eigenvalue weighted by Crippen LogP contribution is 2.25. The molecule has 1 fully saturated rings. The molecule has 2 N–H and O–H groups in total. The van der Waals surface area contributed by atoms with E-state index in [4.69, 9.17) is 4.74 Å². The normalized spacial score (nSPS) is 25.5. The first-order valence-corrected chi connectivity index (χ1v) is 6.55. The van der Waals surface area contributed by atoms with Crippen molar-refractivity contribution in [3.8, 4) is 0 Å². The Balaban J connectivity index is 1.96. The summed E-state index contributed by atoms with van der Waals surface area (Å²) >= 11 is 0. The zero-order valence-electron chi connectivity index (χ0n) is 12.0. The van der Waals surface area contributed by atoms with Gasteiger partial charge < -0.3 is 20.1 Å². The summed E-state index contributed by atoms with van der Waals surface area (Å²) in [7, 11) is 3.32. The van der Waals surface area contributed by atoms with Crippen LogP contribution in [-0.4, -0.2) is 65.1 Å². The number of hydrogen-bond donors (Lipinski definition) is 2. The molecule has 0 spiro atoms. The quantitative estimate of drug-likeness (QED) is 0.815. The predicted octanol–water partition coefficient (Wildman–Crippen LogP) is 0.130. The lowest BCUT2D eigenvalue weighted by Crippen LogP contribution is -2.43. The molecule has 2 heterocycles. The van der Waals surface area contributed by atoms with Gasteiger partial charge in [-0.05, 0) is 19.1 Å². The van der Waals surface area contributed by atoms with Crippen LogP contribution in [0.1, 0.15) is 23.8 Å². The first-order chi connectivity index (χ1) is 9.42. The van der Waals surface area contributed by atoms with E-state index in [-0.39, 0.29) is 17.7 Å².